The van der Waals surface area contributed by atoms with Crippen LogP contribution in [-0.4, -0.2) is 6.21 Å². The van der Waals surface area contributed by atoms with Crippen LogP contribution >= 0.6 is 0 Å². The molecule has 0 radical (unpaired) electrons. The van der Waals surface area contributed by atoms with Crippen LogP contribution in [0.4, 0.5) is 0 Å². The monoisotopic (exact) mass is 219 g/mol. The molecule has 1 rings (SSSR count). The van der Waals surface area contributed by atoms with E-state index < -0.39 is 0 Å². The molecular formula is C14H21NO. The van der Waals surface area contributed by atoms with E-state index in [1.54, 1.807) is 0 Å². The predicted octanol–water partition coefficient (Wildman–Crippen LogP) is 3.80. The molecule has 2 nitrogen and oxygen atoms in total. The van der Waals surface area contributed by atoms with Gasteiger partial charge in [0.15, 0.2) is 0 Å². The van der Waals surface area contributed by atoms with Crippen LogP contribution < -0.4 is 0 Å². The Labute approximate surface area is 98.3 Å². The Morgan fingerprint density at radius 2 is 1.94 bits per heavy atom. The van der Waals surface area contributed by atoms with E-state index in [-0.39, 0.29) is 5.41 Å². The first kappa shape index (κ1) is 12.8. The Morgan fingerprint density at radius 3 is 2.56 bits per heavy atom. The first-order valence-electron chi connectivity index (χ1n) is 5.75. The van der Waals surface area contributed by atoms with Gasteiger partial charge in [0.05, 0.1) is 0 Å². The van der Waals surface area contributed by atoms with Gasteiger partial charge >= 0.3 is 0 Å². The van der Waals surface area contributed by atoms with E-state index in [9.17, 15) is 0 Å². The average Bonchev–Trinajstić information content (AvgIpc) is 2.23. The molecule has 0 amide bonds. The Bertz CT molecular complexity index is 350. The lowest BCUT2D eigenvalue weighted by molar-refractivity contribution is 0.129. The third-order valence-corrected chi connectivity index (χ3v) is 2.15. The van der Waals surface area contributed by atoms with Crippen molar-refractivity contribution in [2.75, 3.05) is 0 Å². The number of hydrogen-bond donors (Lipinski definition) is 0. The van der Waals surface area contributed by atoms with E-state index in [1.807, 2.05) is 6.21 Å². The minimum absolute atomic E-state index is 0.0747. The first-order chi connectivity index (χ1) is 7.51. The van der Waals surface area contributed by atoms with Crippen LogP contribution in [0.1, 0.15) is 38.8 Å². The Hall–Kier alpha value is -1.31. The zero-order valence-corrected chi connectivity index (χ0v) is 10.7. The largest absolute Gasteiger partial charge is 0.391 e. The van der Waals surface area contributed by atoms with Crippen molar-refractivity contribution in [1.29, 1.82) is 0 Å². The molecular weight excluding hydrogens is 198 g/mol. The smallest absolute Gasteiger partial charge is 0.142 e. The molecule has 0 aliphatic heterocycles. The summed E-state index contributed by atoms with van der Waals surface area (Å²) in [6.45, 7) is 8.98. The van der Waals surface area contributed by atoms with Gasteiger partial charge in [0.2, 0.25) is 0 Å². The summed E-state index contributed by atoms with van der Waals surface area (Å²) in [6, 6.07) is 8.41. The Kier molecular flexibility index (Phi) is 4.53. The van der Waals surface area contributed by atoms with Crippen LogP contribution in [0.25, 0.3) is 0 Å². The van der Waals surface area contributed by atoms with Gasteiger partial charge in [-0.1, -0.05) is 57.1 Å². The van der Waals surface area contributed by atoms with Crippen LogP contribution in [-0.2, 0) is 17.9 Å². The molecule has 2 heteroatoms. The van der Waals surface area contributed by atoms with Crippen LogP contribution in [0.5, 0.6) is 0 Å². The van der Waals surface area contributed by atoms with Crippen molar-refractivity contribution < 1.29 is 4.84 Å². The van der Waals surface area contributed by atoms with Gasteiger partial charge in [-0.3, -0.25) is 0 Å². The molecule has 0 bridgehead atoms. The summed E-state index contributed by atoms with van der Waals surface area (Å²) in [5, 5.41) is 3.97. The van der Waals surface area contributed by atoms with Crippen molar-refractivity contribution in [2.24, 2.45) is 10.6 Å². The maximum Gasteiger partial charge on any atom is 0.142 e. The molecule has 0 atom stereocenters. The normalized spacial score (nSPS) is 12.0. The zero-order valence-electron chi connectivity index (χ0n) is 10.7. The first-order valence-corrected chi connectivity index (χ1v) is 5.75. The number of aryl methyl sites for hydroxylation is 1. The van der Waals surface area contributed by atoms with Gasteiger partial charge in [0.25, 0.3) is 0 Å². The lowest BCUT2D eigenvalue weighted by Crippen LogP contribution is -2.06. The van der Waals surface area contributed by atoms with Crippen molar-refractivity contribution in [3.63, 3.8) is 0 Å². The van der Waals surface area contributed by atoms with E-state index in [0.29, 0.717) is 6.61 Å². The molecule has 0 fully saturated rings. The van der Waals surface area contributed by atoms with Gasteiger partial charge in [-0.05, 0) is 17.5 Å². The summed E-state index contributed by atoms with van der Waals surface area (Å²) < 4.78 is 0. The quantitative estimate of drug-likeness (QED) is 0.557. The highest BCUT2D eigenvalue weighted by atomic mass is 16.6. The fourth-order valence-corrected chi connectivity index (χ4v) is 1.25. The van der Waals surface area contributed by atoms with Crippen LogP contribution in [0.15, 0.2) is 29.4 Å². The molecule has 1 aromatic rings. The number of hydrogen-bond acceptors (Lipinski definition) is 2. The molecule has 88 valence electrons. The Balaban J connectivity index is 2.46. The standard InChI is InChI=1S/C14H21NO/c1-5-12-7-6-8-13(9-12)10-16-15-11-14(2,3)4/h6-9,11H,5,10H2,1-4H3. The number of nitrogens with zero attached hydrogens (tertiary/aromatic N) is 1. The van der Waals surface area contributed by atoms with E-state index >= 15 is 0 Å². The lowest BCUT2D eigenvalue weighted by Gasteiger charge is -2.09. The van der Waals surface area contributed by atoms with Gasteiger partial charge in [0, 0.05) is 11.6 Å². The summed E-state index contributed by atoms with van der Waals surface area (Å²) in [7, 11) is 0. The van der Waals surface area contributed by atoms with Crippen LogP contribution in [0.3, 0.4) is 0 Å². The number of rotatable bonds is 4. The van der Waals surface area contributed by atoms with Gasteiger partial charge in [-0.15, -0.1) is 0 Å². The van der Waals surface area contributed by atoms with Crippen molar-refractivity contribution >= 4 is 6.21 Å². The third kappa shape index (κ3) is 4.96. The van der Waals surface area contributed by atoms with Gasteiger partial charge in [-0.25, -0.2) is 0 Å². The van der Waals surface area contributed by atoms with Gasteiger partial charge in [-0.2, -0.15) is 0 Å². The maximum atomic E-state index is 5.26. The van der Waals surface area contributed by atoms with E-state index in [0.717, 1.165) is 6.42 Å². The third-order valence-electron chi connectivity index (χ3n) is 2.15. The van der Waals surface area contributed by atoms with E-state index in [4.69, 9.17) is 4.84 Å². The van der Waals surface area contributed by atoms with Crippen LogP contribution in [0, 0.1) is 5.41 Å². The van der Waals surface area contributed by atoms with Gasteiger partial charge < -0.3 is 4.84 Å². The molecule has 0 spiro atoms. The average molecular weight is 219 g/mol. The highest BCUT2D eigenvalue weighted by Crippen LogP contribution is 2.10. The summed E-state index contributed by atoms with van der Waals surface area (Å²) in [5.74, 6) is 0. The molecule has 0 saturated carbocycles. The predicted molar refractivity (Wildman–Crippen MR) is 68.6 cm³/mol. The van der Waals surface area contributed by atoms with Crippen molar-refractivity contribution in [1.82, 2.24) is 0 Å². The molecule has 1 aromatic carbocycles. The highest BCUT2D eigenvalue weighted by molar-refractivity contribution is 5.63. The molecule has 0 N–H and O–H groups in total. The minimum Gasteiger partial charge on any atom is -0.391 e. The topological polar surface area (TPSA) is 21.6 Å². The van der Waals surface area contributed by atoms with Crippen molar-refractivity contribution in [3.8, 4) is 0 Å². The molecule has 0 heterocycles. The van der Waals surface area contributed by atoms with Crippen molar-refractivity contribution in [3.05, 3.63) is 35.4 Å². The lowest BCUT2D eigenvalue weighted by atomic mass is 10.00. The van der Waals surface area contributed by atoms with Crippen LogP contribution in [0.2, 0.25) is 0 Å². The molecule has 0 aliphatic carbocycles. The number of oxime groups is 1. The molecule has 0 aromatic heterocycles. The molecule has 0 aliphatic rings. The SMILES string of the molecule is CCc1cccc(CON=CC(C)(C)C)c1. The summed E-state index contributed by atoms with van der Waals surface area (Å²) >= 11 is 0. The second-order valence-electron chi connectivity index (χ2n) is 5.05. The summed E-state index contributed by atoms with van der Waals surface area (Å²) in [5.41, 5.74) is 2.58. The summed E-state index contributed by atoms with van der Waals surface area (Å²) in [6.07, 6.45) is 2.88. The van der Waals surface area contributed by atoms with Gasteiger partial charge in [0.1, 0.15) is 6.61 Å². The fourth-order valence-electron chi connectivity index (χ4n) is 1.25. The second kappa shape index (κ2) is 5.69. The molecule has 0 saturated heterocycles. The maximum absolute atomic E-state index is 5.26. The second-order valence-corrected chi connectivity index (χ2v) is 5.05. The zero-order chi connectivity index (χ0) is 12.0. The minimum atomic E-state index is 0.0747. The number of benzene rings is 1. The van der Waals surface area contributed by atoms with E-state index in [2.05, 4.69) is 57.1 Å². The molecule has 16 heavy (non-hydrogen) atoms. The van der Waals surface area contributed by atoms with E-state index in [1.165, 1.54) is 11.1 Å². The highest BCUT2D eigenvalue weighted by Gasteiger charge is 2.05. The Morgan fingerprint density at radius 1 is 1.25 bits per heavy atom. The summed E-state index contributed by atoms with van der Waals surface area (Å²) in [4.78, 5) is 5.26. The molecule has 0 unspecified atom stereocenters. The van der Waals surface area contributed by atoms with Crippen molar-refractivity contribution in [2.45, 2.75) is 40.7 Å². The fraction of sp³-hybridized carbons (Fsp3) is 0.500.